The molecule has 0 aliphatic rings. The minimum absolute atomic E-state index is 0.0466. The number of nitrogens with two attached hydrogens (primary N) is 1. The molecule has 0 aliphatic heterocycles. The van der Waals surface area contributed by atoms with Crippen LogP contribution in [0.1, 0.15) is 5.76 Å². The number of nitrogens with one attached hydrogen (secondary N) is 1. The van der Waals surface area contributed by atoms with Gasteiger partial charge in [0.25, 0.3) is 0 Å². The second-order valence-corrected chi connectivity index (χ2v) is 4.86. The smallest absolute Gasteiger partial charge is 0.218 e. The zero-order valence-corrected chi connectivity index (χ0v) is 8.77. The Morgan fingerprint density at radius 2 is 2.43 bits per heavy atom. The van der Waals surface area contributed by atoms with Crippen LogP contribution in [0, 0.1) is 0 Å². The first-order valence-corrected chi connectivity index (χ1v) is 5.71. The molecule has 3 N–H and O–H groups in total. The Morgan fingerprint density at radius 1 is 1.71 bits per heavy atom. The van der Waals surface area contributed by atoms with E-state index in [0.29, 0.717) is 5.76 Å². The van der Waals surface area contributed by atoms with Crippen molar-refractivity contribution in [3.63, 3.8) is 0 Å². The van der Waals surface area contributed by atoms with Gasteiger partial charge in [0, 0.05) is 6.07 Å². The van der Waals surface area contributed by atoms with Gasteiger partial charge in [0.15, 0.2) is 5.76 Å². The Kier molecular flexibility index (Phi) is 3.55. The van der Waals surface area contributed by atoms with Crippen molar-refractivity contribution in [3.05, 3.63) is 18.0 Å². The minimum Gasteiger partial charge on any atom is -0.392 e. The molecule has 6 nitrogen and oxygen atoms in total. The quantitative estimate of drug-likeness (QED) is 0.660. The monoisotopic (exact) mass is 235 g/mol. The fraction of sp³-hybridized carbons (Fsp3) is 0.333. The first-order valence-electron chi connectivity index (χ1n) is 3.65. The Labute approximate surface area is 86.5 Å². The van der Waals surface area contributed by atoms with Gasteiger partial charge in [-0.15, -0.1) is 0 Å². The SMILES string of the molecule is NC(=S)CS(=O)(=O)NCc1ccno1. The zero-order chi connectivity index (χ0) is 10.6. The summed E-state index contributed by atoms with van der Waals surface area (Å²) in [6, 6.07) is 1.56. The van der Waals surface area contributed by atoms with Crippen LogP contribution < -0.4 is 10.5 Å². The molecule has 0 spiro atoms. The lowest BCUT2D eigenvalue weighted by atomic mass is 10.5. The van der Waals surface area contributed by atoms with E-state index in [2.05, 4.69) is 22.1 Å². The number of aromatic nitrogens is 1. The van der Waals surface area contributed by atoms with Crippen LogP contribution in [-0.4, -0.2) is 24.3 Å². The van der Waals surface area contributed by atoms with Crippen molar-refractivity contribution in [2.24, 2.45) is 5.73 Å². The summed E-state index contributed by atoms with van der Waals surface area (Å²) in [6.45, 7) is 0.0466. The Hall–Kier alpha value is -0.990. The Bertz CT molecular complexity index is 398. The molecule has 1 heterocycles. The summed E-state index contributed by atoms with van der Waals surface area (Å²) in [5.41, 5.74) is 5.10. The van der Waals surface area contributed by atoms with Crippen molar-refractivity contribution in [1.82, 2.24) is 9.88 Å². The van der Waals surface area contributed by atoms with Crippen LogP contribution in [0.25, 0.3) is 0 Å². The van der Waals surface area contributed by atoms with E-state index in [4.69, 9.17) is 10.3 Å². The van der Waals surface area contributed by atoms with E-state index in [9.17, 15) is 8.42 Å². The van der Waals surface area contributed by atoms with Gasteiger partial charge < -0.3 is 10.3 Å². The summed E-state index contributed by atoms with van der Waals surface area (Å²) in [7, 11) is -3.46. The molecule has 78 valence electrons. The molecule has 0 bridgehead atoms. The molecular formula is C6H9N3O3S2. The molecule has 0 aromatic carbocycles. The van der Waals surface area contributed by atoms with Gasteiger partial charge in [-0.3, -0.25) is 0 Å². The first kappa shape index (κ1) is 11.1. The molecule has 14 heavy (non-hydrogen) atoms. The van der Waals surface area contributed by atoms with Gasteiger partial charge in [-0.05, 0) is 0 Å². The second-order valence-electron chi connectivity index (χ2n) is 2.53. The van der Waals surface area contributed by atoms with Crippen molar-refractivity contribution >= 4 is 27.2 Å². The lowest BCUT2D eigenvalue weighted by molar-refractivity contribution is 0.380. The van der Waals surface area contributed by atoms with Gasteiger partial charge in [-0.1, -0.05) is 17.4 Å². The van der Waals surface area contributed by atoms with Crippen molar-refractivity contribution < 1.29 is 12.9 Å². The maximum atomic E-state index is 11.2. The van der Waals surface area contributed by atoms with Crippen LogP contribution in [0.5, 0.6) is 0 Å². The predicted molar refractivity (Wildman–Crippen MR) is 53.9 cm³/mol. The highest BCUT2D eigenvalue weighted by Crippen LogP contribution is 1.96. The van der Waals surface area contributed by atoms with Crippen LogP contribution in [0.2, 0.25) is 0 Å². The average molecular weight is 235 g/mol. The van der Waals surface area contributed by atoms with E-state index >= 15 is 0 Å². The highest BCUT2D eigenvalue weighted by Gasteiger charge is 2.12. The van der Waals surface area contributed by atoms with Gasteiger partial charge in [-0.25, -0.2) is 13.1 Å². The molecule has 0 unspecified atom stereocenters. The van der Waals surface area contributed by atoms with Crippen molar-refractivity contribution in [2.75, 3.05) is 5.75 Å². The maximum Gasteiger partial charge on any atom is 0.218 e. The molecule has 1 aromatic rings. The number of rotatable bonds is 5. The molecule has 0 saturated heterocycles. The molecule has 0 aliphatic carbocycles. The predicted octanol–water partition coefficient (Wildman–Crippen LogP) is -0.620. The van der Waals surface area contributed by atoms with E-state index in [1.807, 2.05) is 0 Å². The Balaban J connectivity index is 2.49. The van der Waals surface area contributed by atoms with Crippen LogP contribution in [-0.2, 0) is 16.6 Å². The summed E-state index contributed by atoms with van der Waals surface area (Å²) < 4.78 is 29.3. The molecule has 8 heteroatoms. The van der Waals surface area contributed by atoms with E-state index in [0.717, 1.165) is 0 Å². The van der Waals surface area contributed by atoms with Crippen LogP contribution in [0.15, 0.2) is 16.8 Å². The topological polar surface area (TPSA) is 98.2 Å². The fourth-order valence-corrected chi connectivity index (χ4v) is 2.06. The van der Waals surface area contributed by atoms with Gasteiger partial charge in [0.05, 0.1) is 17.7 Å². The third-order valence-electron chi connectivity index (χ3n) is 1.29. The zero-order valence-electron chi connectivity index (χ0n) is 7.13. The summed E-state index contributed by atoms with van der Waals surface area (Å²) in [4.78, 5) is -0.0740. The lowest BCUT2D eigenvalue weighted by Gasteiger charge is -2.02. The Morgan fingerprint density at radius 3 is 2.93 bits per heavy atom. The molecule has 0 fully saturated rings. The summed E-state index contributed by atoms with van der Waals surface area (Å²) in [5.74, 6) is 0.0627. The van der Waals surface area contributed by atoms with E-state index in [-0.39, 0.29) is 17.3 Å². The van der Waals surface area contributed by atoms with Gasteiger partial charge >= 0.3 is 0 Å². The van der Waals surface area contributed by atoms with Crippen LogP contribution in [0.4, 0.5) is 0 Å². The third-order valence-corrected chi connectivity index (χ3v) is 2.89. The molecule has 1 aromatic heterocycles. The van der Waals surface area contributed by atoms with E-state index in [1.54, 1.807) is 6.07 Å². The number of hydrogen-bond acceptors (Lipinski definition) is 5. The molecule has 0 radical (unpaired) electrons. The number of hydrogen-bond donors (Lipinski definition) is 2. The van der Waals surface area contributed by atoms with Gasteiger partial charge in [0.1, 0.15) is 5.75 Å². The van der Waals surface area contributed by atoms with Crippen molar-refractivity contribution in [3.8, 4) is 0 Å². The van der Waals surface area contributed by atoms with Gasteiger partial charge in [0.2, 0.25) is 10.0 Å². The van der Waals surface area contributed by atoms with Crippen molar-refractivity contribution in [2.45, 2.75) is 6.54 Å². The largest absolute Gasteiger partial charge is 0.392 e. The first-order chi connectivity index (χ1) is 6.49. The van der Waals surface area contributed by atoms with Gasteiger partial charge in [-0.2, -0.15) is 0 Å². The number of nitrogens with zero attached hydrogens (tertiary/aromatic N) is 1. The standard InChI is InChI=1S/C6H9N3O3S2/c7-6(13)4-14(10,11)9-3-5-1-2-8-12-5/h1-2,9H,3-4H2,(H2,7,13). The van der Waals surface area contributed by atoms with Crippen LogP contribution >= 0.6 is 12.2 Å². The molecule has 0 atom stereocenters. The lowest BCUT2D eigenvalue weighted by Crippen LogP contribution is -2.31. The summed E-state index contributed by atoms with van der Waals surface area (Å²) in [5, 5.41) is 3.42. The molecule has 0 saturated carbocycles. The average Bonchev–Trinajstić information content (AvgIpc) is 2.50. The van der Waals surface area contributed by atoms with Crippen molar-refractivity contribution in [1.29, 1.82) is 0 Å². The number of sulfonamides is 1. The second kappa shape index (κ2) is 4.49. The third kappa shape index (κ3) is 3.81. The minimum atomic E-state index is -3.46. The van der Waals surface area contributed by atoms with Crippen LogP contribution in [0.3, 0.4) is 0 Å². The molecular weight excluding hydrogens is 226 g/mol. The van der Waals surface area contributed by atoms with E-state index in [1.165, 1.54) is 6.20 Å². The maximum absolute atomic E-state index is 11.2. The highest BCUT2D eigenvalue weighted by molar-refractivity contribution is 7.92. The molecule has 1 rings (SSSR count). The van der Waals surface area contributed by atoms with E-state index < -0.39 is 10.0 Å². The fourth-order valence-electron chi connectivity index (χ4n) is 0.753. The normalized spacial score (nSPS) is 11.4. The number of thiocarbonyl (C=S) groups is 1. The summed E-state index contributed by atoms with van der Waals surface area (Å²) in [6.07, 6.45) is 1.43. The molecule has 0 amide bonds. The summed E-state index contributed by atoms with van der Waals surface area (Å²) >= 11 is 4.48. The highest BCUT2D eigenvalue weighted by atomic mass is 32.2.